The fourth-order valence-corrected chi connectivity index (χ4v) is 4.81. The van der Waals surface area contributed by atoms with Gasteiger partial charge >= 0.3 is 5.97 Å². The summed E-state index contributed by atoms with van der Waals surface area (Å²) in [5, 5.41) is 0. The quantitative estimate of drug-likeness (QED) is 0.364. The molecular weight excluding hydrogens is 518 g/mol. The summed E-state index contributed by atoms with van der Waals surface area (Å²) in [6.07, 6.45) is 5.56. The molecule has 2 unspecified atom stereocenters. The Morgan fingerprint density at radius 2 is 1.82 bits per heavy atom. The van der Waals surface area contributed by atoms with Crippen molar-refractivity contribution in [1.29, 1.82) is 0 Å². The molecule has 10 nitrogen and oxygen atoms in total. The van der Waals surface area contributed by atoms with E-state index in [4.69, 9.17) is 33.2 Å². The monoisotopic (exact) mass is 559 g/mol. The van der Waals surface area contributed by atoms with Gasteiger partial charge in [-0.25, -0.2) is 4.79 Å². The average molecular weight is 560 g/mol. The van der Waals surface area contributed by atoms with Gasteiger partial charge in [-0.15, -0.1) is 0 Å². The van der Waals surface area contributed by atoms with E-state index in [9.17, 15) is 9.59 Å². The summed E-state index contributed by atoms with van der Waals surface area (Å²) in [4.78, 5) is 28.8. The van der Waals surface area contributed by atoms with Gasteiger partial charge in [0.05, 0.1) is 19.3 Å². The van der Waals surface area contributed by atoms with Gasteiger partial charge < -0.3 is 33.2 Å². The van der Waals surface area contributed by atoms with Crippen molar-refractivity contribution < 1.29 is 42.7 Å². The Morgan fingerprint density at radius 3 is 2.58 bits per heavy atom. The number of esters is 1. The van der Waals surface area contributed by atoms with Crippen molar-refractivity contribution >= 4 is 17.8 Å². The fourth-order valence-electron chi connectivity index (χ4n) is 4.81. The molecule has 3 aliphatic heterocycles. The molecule has 10 heteroatoms. The zero-order chi connectivity index (χ0) is 28.7. The van der Waals surface area contributed by atoms with E-state index >= 15 is 0 Å². The van der Waals surface area contributed by atoms with E-state index in [0.29, 0.717) is 43.3 Å². The second kappa shape index (κ2) is 13.7. The lowest BCUT2D eigenvalue weighted by Crippen LogP contribution is -2.38. The number of nitrogens with zero attached hydrogens (tertiary/aromatic N) is 1. The number of rotatable bonds is 7. The van der Waals surface area contributed by atoms with Gasteiger partial charge in [-0.05, 0) is 44.9 Å². The maximum atomic E-state index is 13.5. The predicted octanol–water partition coefficient (Wildman–Crippen LogP) is 3.62. The summed E-state index contributed by atoms with van der Waals surface area (Å²) >= 11 is 0. The Labute approximate surface area is 236 Å². The van der Waals surface area contributed by atoms with Crippen molar-refractivity contribution in [2.75, 3.05) is 53.4 Å². The van der Waals surface area contributed by atoms with Crippen LogP contribution in [0.3, 0.4) is 0 Å². The van der Waals surface area contributed by atoms with Crippen LogP contribution in [0.4, 0.5) is 0 Å². The molecule has 2 fully saturated rings. The first kappa shape index (κ1) is 30.2. The van der Waals surface area contributed by atoms with E-state index in [1.165, 1.54) is 13.2 Å². The molecule has 0 N–H and O–H groups in total. The van der Waals surface area contributed by atoms with Crippen molar-refractivity contribution in [2.45, 2.75) is 58.2 Å². The molecule has 4 rings (SSSR count). The average Bonchev–Trinajstić information content (AvgIpc) is 3.24. The molecule has 0 radical (unpaired) electrons. The number of hydrogen-bond acceptors (Lipinski definition) is 10. The number of methoxy groups -OCH3 is 1. The Balaban J connectivity index is 1.66. The van der Waals surface area contributed by atoms with Crippen LogP contribution in [0.5, 0.6) is 11.5 Å². The van der Waals surface area contributed by atoms with Crippen LogP contribution < -0.4 is 9.47 Å². The second-order valence-electron chi connectivity index (χ2n) is 10.7. The molecule has 3 heterocycles. The third-order valence-corrected chi connectivity index (χ3v) is 7.15. The molecule has 0 saturated carbocycles. The minimum atomic E-state index is -0.890. The first-order valence-electron chi connectivity index (χ1n) is 13.8. The molecule has 40 heavy (non-hydrogen) atoms. The highest BCUT2D eigenvalue weighted by molar-refractivity contribution is 5.97. The van der Waals surface area contributed by atoms with Gasteiger partial charge in [-0.2, -0.15) is 0 Å². The zero-order valence-electron chi connectivity index (χ0n) is 24.1. The number of ether oxygens (including phenoxy) is 7. The van der Waals surface area contributed by atoms with E-state index in [2.05, 4.69) is 4.90 Å². The van der Waals surface area contributed by atoms with Crippen LogP contribution in [0.2, 0.25) is 0 Å². The number of hydrogen-bond donors (Lipinski definition) is 0. The fraction of sp³-hybridized carbons (Fsp3) is 0.600. The molecule has 220 valence electrons. The predicted molar refractivity (Wildman–Crippen MR) is 147 cm³/mol. The zero-order valence-corrected chi connectivity index (χ0v) is 24.1. The van der Waals surface area contributed by atoms with Crippen LogP contribution in [0.1, 0.15) is 50.0 Å². The number of fused-ring (bicyclic) bond motifs is 2. The Bertz CT molecular complexity index is 1090. The van der Waals surface area contributed by atoms with Gasteiger partial charge in [-0.1, -0.05) is 25.2 Å². The normalized spacial score (nSPS) is 28.2. The number of carbonyl (C=O) groups excluding carboxylic acids is 2. The van der Waals surface area contributed by atoms with Crippen LogP contribution in [-0.4, -0.2) is 94.1 Å². The van der Waals surface area contributed by atoms with Gasteiger partial charge in [-0.3, -0.25) is 9.69 Å². The van der Waals surface area contributed by atoms with E-state index in [0.717, 1.165) is 19.6 Å². The molecule has 0 spiro atoms. The topological polar surface area (TPSA) is 102 Å². The summed E-state index contributed by atoms with van der Waals surface area (Å²) in [6.45, 7) is 11.6. The third-order valence-electron chi connectivity index (χ3n) is 7.15. The van der Waals surface area contributed by atoms with E-state index in [1.807, 2.05) is 13.0 Å². The molecule has 0 bridgehead atoms. The summed E-state index contributed by atoms with van der Waals surface area (Å²) in [5.74, 6) is -0.990. The van der Waals surface area contributed by atoms with Gasteiger partial charge in [0.2, 0.25) is 0 Å². The maximum Gasteiger partial charge on any atom is 0.342 e. The van der Waals surface area contributed by atoms with Crippen molar-refractivity contribution in [1.82, 2.24) is 4.90 Å². The highest BCUT2D eigenvalue weighted by atomic mass is 16.8. The summed E-state index contributed by atoms with van der Waals surface area (Å²) in [7, 11) is 1.51. The van der Waals surface area contributed by atoms with Crippen LogP contribution in [0.15, 0.2) is 30.4 Å². The van der Waals surface area contributed by atoms with E-state index in [1.54, 1.807) is 45.1 Å². The summed E-state index contributed by atoms with van der Waals surface area (Å²) in [6, 6.07) is 3.49. The molecule has 1 aromatic rings. The van der Waals surface area contributed by atoms with Gasteiger partial charge in [0, 0.05) is 38.7 Å². The van der Waals surface area contributed by atoms with Gasteiger partial charge in [0.1, 0.15) is 35.9 Å². The first-order valence-corrected chi connectivity index (χ1v) is 13.8. The Morgan fingerprint density at radius 1 is 1.05 bits per heavy atom. The van der Waals surface area contributed by atoms with Crippen molar-refractivity contribution in [3.05, 3.63) is 41.5 Å². The van der Waals surface area contributed by atoms with Crippen molar-refractivity contribution in [3.63, 3.8) is 0 Å². The number of benzene rings is 1. The van der Waals surface area contributed by atoms with Crippen LogP contribution in [-0.2, 0) is 28.5 Å². The lowest BCUT2D eigenvalue weighted by Gasteiger charge is -2.26. The van der Waals surface area contributed by atoms with E-state index < -0.39 is 30.1 Å². The lowest BCUT2D eigenvalue weighted by atomic mass is 9.99. The maximum absolute atomic E-state index is 13.5. The largest absolute Gasteiger partial charge is 0.492 e. The molecule has 1 aromatic carbocycles. The summed E-state index contributed by atoms with van der Waals surface area (Å²) < 4.78 is 40.3. The van der Waals surface area contributed by atoms with Crippen LogP contribution in [0, 0.1) is 5.92 Å². The standard InChI is InChI=1S/C30H41NO9/c1-20-9-10-24(32)28-25(39-30(3,4)40-28)8-6-7-22-17-23(36-16-13-31-11-14-35-15-12-31)18-26(37-19-34-5)27(22)29(33)38-21(20)2/h6-7,9-10,17-18,20-21,25,28H,8,11-16,19H2,1-5H3/b7-6?,10-9-/t20-,21+,25?,28?/m1/s1. The molecule has 4 atom stereocenters. The van der Waals surface area contributed by atoms with Crippen molar-refractivity contribution in [3.8, 4) is 11.5 Å². The van der Waals surface area contributed by atoms with Crippen molar-refractivity contribution in [2.24, 2.45) is 5.92 Å². The second-order valence-corrected chi connectivity index (χ2v) is 10.7. The molecule has 0 amide bonds. The highest BCUT2D eigenvalue weighted by Gasteiger charge is 2.43. The molecular formula is C30H41NO9. The third kappa shape index (κ3) is 7.92. The molecule has 2 saturated heterocycles. The number of morpholine rings is 1. The molecule has 0 aliphatic carbocycles. The first-order chi connectivity index (χ1) is 19.2. The number of ketones is 1. The number of cyclic esters (lactones) is 1. The van der Waals surface area contributed by atoms with E-state index in [-0.39, 0.29) is 24.1 Å². The minimum Gasteiger partial charge on any atom is -0.492 e. The highest BCUT2D eigenvalue weighted by Crippen LogP contribution is 2.34. The van der Waals surface area contributed by atoms with Crippen LogP contribution >= 0.6 is 0 Å². The summed E-state index contributed by atoms with van der Waals surface area (Å²) in [5.41, 5.74) is 0.832. The Kier molecular flexibility index (Phi) is 10.4. The molecule has 0 aromatic heterocycles. The van der Waals surface area contributed by atoms with Gasteiger partial charge in [0.25, 0.3) is 0 Å². The number of carbonyl (C=O) groups is 2. The SMILES string of the molecule is COCOc1cc(OCCN2CCOCC2)cc2c1C(=O)O[C@@H](C)[C@H](C)/C=C\C(=O)C1OC(C)(C)OC1CC=C2. The molecule has 3 aliphatic rings. The van der Waals surface area contributed by atoms with Crippen LogP contribution in [0.25, 0.3) is 6.08 Å². The lowest BCUT2D eigenvalue weighted by molar-refractivity contribution is -0.152. The minimum absolute atomic E-state index is 0.0541. The smallest absolute Gasteiger partial charge is 0.342 e. The van der Waals surface area contributed by atoms with Gasteiger partial charge in [0.15, 0.2) is 18.4 Å². The Hall–Kier alpha value is -2.76.